The minimum atomic E-state index is -3.67. The van der Waals surface area contributed by atoms with E-state index in [1.807, 2.05) is 42.3 Å². The van der Waals surface area contributed by atoms with Gasteiger partial charge in [-0.15, -0.1) is 0 Å². The third kappa shape index (κ3) is 58.6. The van der Waals surface area contributed by atoms with E-state index in [1.54, 1.807) is 20.8 Å². The summed E-state index contributed by atoms with van der Waals surface area (Å²) in [7, 11) is 4.04. The Morgan fingerprint density at radius 2 is 0.773 bits per heavy atom. The van der Waals surface area contributed by atoms with Crippen molar-refractivity contribution in [1.29, 1.82) is 0 Å². The first-order chi connectivity index (χ1) is 19.0. The number of ether oxygens (including phenoxy) is 4. The number of nitrogens with zero attached hydrogens (tertiary/aromatic N) is 2. The van der Waals surface area contributed by atoms with Crippen molar-refractivity contribution in [2.45, 2.75) is 28.2 Å². The standard InChI is InChI=1S/C10H18NO4.C8H12O4.C4H12NO.2CH4O3S.CH4/c1-6-14-9(12)8(2)10(13)15-7-11(3,4)5;1-4-11-7(9)6(3)8(10)12-5-2;1-5(2,3)4-6;2*1-5(2,3)4;/h2,6-7H2,1,3-5H3;3-5H2,1-2H3;6H,4H2,1-3H3;2*1H3,(H,2,3,4);1H4/q+1;;+1;;;. The van der Waals surface area contributed by atoms with E-state index >= 15 is 0 Å². The number of hydrogen-bond donors (Lipinski definition) is 3. The number of aliphatic hydroxyl groups excluding tert-OH is 1. The molecular weight excluding hydrogens is 632 g/mol. The van der Waals surface area contributed by atoms with Gasteiger partial charge < -0.3 is 28.5 Å². The number of aliphatic hydroxyl groups is 1. The first-order valence-corrected chi connectivity index (χ1v) is 15.8. The number of quaternary nitrogens is 2. The van der Waals surface area contributed by atoms with E-state index in [0.717, 1.165) is 0 Å². The van der Waals surface area contributed by atoms with Crippen LogP contribution < -0.4 is 0 Å². The maximum atomic E-state index is 11.3. The van der Waals surface area contributed by atoms with Crippen LogP contribution in [-0.4, -0.2) is 152 Å². The van der Waals surface area contributed by atoms with Crippen molar-refractivity contribution in [1.82, 2.24) is 0 Å². The largest absolute Gasteiger partial charge is 0.462 e. The van der Waals surface area contributed by atoms with Gasteiger partial charge in [0.05, 0.1) is 74.6 Å². The van der Waals surface area contributed by atoms with Crippen LogP contribution in [-0.2, 0) is 58.4 Å². The first kappa shape index (κ1) is 53.6. The Bertz CT molecular complexity index is 1020. The topological polar surface area (TPSA) is 234 Å². The number of rotatable bonds is 10. The number of hydrogen-bond acceptors (Lipinski definition) is 13. The van der Waals surface area contributed by atoms with E-state index in [4.69, 9.17) is 18.9 Å². The van der Waals surface area contributed by atoms with E-state index in [2.05, 4.69) is 27.4 Å². The van der Waals surface area contributed by atoms with E-state index in [0.29, 0.717) is 21.5 Å². The smallest absolute Gasteiger partial charge is 0.349 e. The van der Waals surface area contributed by atoms with Crippen LogP contribution in [0.5, 0.6) is 0 Å². The molecule has 0 aromatic rings. The summed E-state index contributed by atoms with van der Waals surface area (Å²) in [6.07, 6.45) is 1.43. The molecule has 44 heavy (non-hydrogen) atoms. The number of carbonyl (C=O) groups excluding carboxylic acids is 4. The van der Waals surface area contributed by atoms with E-state index in [9.17, 15) is 36.0 Å². The molecule has 19 heteroatoms. The molecule has 17 nitrogen and oxygen atoms in total. The molecule has 0 aromatic heterocycles. The molecule has 0 radical (unpaired) electrons. The van der Waals surface area contributed by atoms with Crippen molar-refractivity contribution in [3.8, 4) is 0 Å². The highest BCUT2D eigenvalue weighted by atomic mass is 32.2. The lowest BCUT2D eigenvalue weighted by Gasteiger charge is -2.22. The summed E-state index contributed by atoms with van der Waals surface area (Å²) in [5.41, 5.74) is -0.538. The average Bonchev–Trinajstić information content (AvgIpc) is 2.79. The maximum absolute atomic E-state index is 11.3. The molecule has 0 amide bonds. The lowest BCUT2D eigenvalue weighted by molar-refractivity contribution is -0.889. The molecular formula is C25H54N2O15S2+2. The van der Waals surface area contributed by atoms with Crippen LogP contribution in [0, 0.1) is 0 Å². The van der Waals surface area contributed by atoms with E-state index in [1.165, 1.54) is 0 Å². The summed E-state index contributed by atoms with van der Waals surface area (Å²) >= 11 is 0. The highest BCUT2D eigenvalue weighted by Gasteiger charge is 2.20. The van der Waals surface area contributed by atoms with Crippen LogP contribution >= 0.6 is 0 Å². The Morgan fingerprint density at radius 1 is 0.591 bits per heavy atom. The molecule has 0 bridgehead atoms. The van der Waals surface area contributed by atoms with Crippen LogP contribution in [0.15, 0.2) is 24.3 Å². The Balaban J connectivity index is -0.000000111. The SMILES string of the molecule is C.C=C(C(=O)OCC)C(=O)OCC.C=C(C(=O)OCC)C(=O)OC[N+](C)(C)C.CS(=O)(=O)O.CS(=O)(=O)O.C[N+](C)(C)CO. The lowest BCUT2D eigenvalue weighted by Crippen LogP contribution is -2.38. The predicted octanol–water partition coefficient (Wildman–Crippen LogP) is 0.268. The van der Waals surface area contributed by atoms with Gasteiger partial charge in [0.15, 0.2) is 6.73 Å². The summed E-state index contributed by atoms with van der Waals surface area (Å²) in [5, 5.41) is 8.38. The molecule has 0 fully saturated rings. The highest BCUT2D eigenvalue weighted by molar-refractivity contribution is 7.85. The monoisotopic (exact) mass is 686 g/mol. The van der Waals surface area contributed by atoms with Crippen molar-refractivity contribution in [2.24, 2.45) is 0 Å². The molecule has 3 N–H and O–H groups in total. The minimum Gasteiger partial charge on any atom is -0.462 e. The van der Waals surface area contributed by atoms with Gasteiger partial charge in [0.2, 0.25) is 6.73 Å². The molecule has 264 valence electrons. The summed E-state index contributed by atoms with van der Waals surface area (Å²) in [5.74, 6) is -2.92. The highest BCUT2D eigenvalue weighted by Crippen LogP contribution is 2.01. The molecule has 0 aromatic carbocycles. The van der Waals surface area contributed by atoms with Gasteiger partial charge in [0, 0.05) is 0 Å². The van der Waals surface area contributed by atoms with Gasteiger partial charge in [-0.05, 0) is 20.8 Å². The fraction of sp³-hybridized carbons (Fsp3) is 0.680. The number of esters is 4. The Kier molecular flexibility index (Phi) is 32.2. The first-order valence-electron chi connectivity index (χ1n) is 12.1. The summed E-state index contributed by atoms with van der Waals surface area (Å²) in [4.78, 5) is 44.0. The fourth-order valence-electron chi connectivity index (χ4n) is 1.16. The van der Waals surface area contributed by atoms with Crippen LogP contribution in [0.1, 0.15) is 28.2 Å². The van der Waals surface area contributed by atoms with Crippen molar-refractivity contribution < 1.29 is 78.1 Å². The third-order valence-corrected chi connectivity index (χ3v) is 2.82. The van der Waals surface area contributed by atoms with Crippen molar-refractivity contribution in [3.63, 3.8) is 0 Å². The molecule has 0 saturated heterocycles. The Labute approximate surface area is 262 Å². The average molecular weight is 687 g/mol. The van der Waals surface area contributed by atoms with Gasteiger partial charge in [-0.3, -0.25) is 13.6 Å². The van der Waals surface area contributed by atoms with Crippen LogP contribution in [0.3, 0.4) is 0 Å². The molecule has 0 spiro atoms. The van der Waals surface area contributed by atoms with Gasteiger partial charge in [0.25, 0.3) is 20.2 Å². The van der Waals surface area contributed by atoms with E-state index in [-0.39, 0.29) is 51.9 Å². The lowest BCUT2D eigenvalue weighted by atomic mass is 10.3. The zero-order valence-corrected chi connectivity index (χ0v) is 28.5. The van der Waals surface area contributed by atoms with Crippen molar-refractivity contribution in [3.05, 3.63) is 24.3 Å². The second-order valence-corrected chi connectivity index (χ2v) is 12.8. The normalized spacial score (nSPS) is 10.3. The van der Waals surface area contributed by atoms with Crippen LogP contribution in [0.4, 0.5) is 0 Å². The van der Waals surface area contributed by atoms with Gasteiger partial charge >= 0.3 is 23.9 Å². The third-order valence-electron chi connectivity index (χ3n) is 2.82. The zero-order valence-electron chi connectivity index (χ0n) is 26.9. The fourth-order valence-corrected chi connectivity index (χ4v) is 1.16. The number of carbonyl (C=O) groups is 4. The molecule has 0 aliphatic rings. The maximum Gasteiger partial charge on any atom is 0.349 e. The van der Waals surface area contributed by atoms with Gasteiger partial charge in [-0.1, -0.05) is 20.6 Å². The van der Waals surface area contributed by atoms with Gasteiger partial charge in [-0.2, -0.15) is 16.8 Å². The quantitative estimate of drug-likeness (QED) is 0.0409. The van der Waals surface area contributed by atoms with Crippen LogP contribution in [0.25, 0.3) is 0 Å². The second-order valence-electron chi connectivity index (χ2n) is 9.87. The molecule has 0 saturated carbocycles. The van der Waals surface area contributed by atoms with Crippen molar-refractivity contribution >= 4 is 44.1 Å². The Hall–Kier alpha value is -2.94. The molecule has 0 rings (SSSR count). The summed E-state index contributed by atoms with van der Waals surface area (Å²) < 4.78 is 71.4. The Morgan fingerprint density at radius 3 is 0.909 bits per heavy atom. The molecule has 0 atom stereocenters. The van der Waals surface area contributed by atoms with Gasteiger partial charge in [-0.25, -0.2) is 19.2 Å². The minimum absolute atomic E-state index is 0. The summed E-state index contributed by atoms with van der Waals surface area (Å²) in [6, 6.07) is 0. The zero-order chi connectivity index (χ0) is 35.8. The van der Waals surface area contributed by atoms with Gasteiger partial charge in [0.1, 0.15) is 11.1 Å². The molecule has 0 unspecified atom stereocenters. The molecule has 0 aliphatic heterocycles. The predicted molar refractivity (Wildman–Crippen MR) is 164 cm³/mol. The van der Waals surface area contributed by atoms with Crippen molar-refractivity contribution in [2.75, 3.05) is 88.1 Å². The second kappa shape index (κ2) is 26.5. The molecule has 0 heterocycles. The molecule has 0 aliphatic carbocycles. The van der Waals surface area contributed by atoms with Crippen LogP contribution in [0.2, 0.25) is 0 Å². The van der Waals surface area contributed by atoms with E-state index < -0.39 is 44.1 Å². The summed E-state index contributed by atoms with van der Waals surface area (Å²) in [6.45, 7) is 12.5.